The van der Waals surface area contributed by atoms with Gasteiger partial charge in [0.2, 0.25) is 0 Å². The zero-order valence-electron chi connectivity index (χ0n) is 18.9. The second kappa shape index (κ2) is 9.99. The van der Waals surface area contributed by atoms with Crippen LogP contribution in [0.4, 0.5) is 4.79 Å². The zero-order valence-corrected chi connectivity index (χ0v) is 18.9. The molecule has 0 atom stereocenters. The minimum absolute atomic E-state index is 0.00470. The lowest BCUT2D eigenvalue weighted by molar-refractivity contribution is -0.124. The van der Waals surface area contributed by atoms with E-state index >= 15 is 0 Å². The summed E-state index contributed by atoms with van der Waals surface area (Å²) in [5.41, 5.74) is 2.23. The molecule has 1 fully saturated rings. The third-order valence-corrected chi connectivity index (χ3v) is 5.47. The van der Waals surface area contributed by atoms with Crippen molar-refractivity contribution in [3.8, 4) is 5.75 Å². The van der Waals surface area contributed by atoms with Crippen LogP contribution in [0.15, 0.2) is 18.2 Å². The Labute approximate surface area is 175 Å². The summed E-state index contributed by atoms with van der Waals surface area (Å²) in [4.78, 5) is 28.6. The van der Waals surface area contributed by atoms with Crippen molar-refractivity contribution in [3.63, 3.8) is 0 Å². The molecule has 1 aromatic carbocycles. The quantitative estimate of drug-likeness (QED) is 0.788. The topological polar surface area (TPSA) is 61.9 Å². The highest BCUT2D eigenvalue weighted by Gasteiger charge is 2.26. The molecule has 0 radical (unpaired) electrons. The van der Waals surface area contributed by atoms with Crippen LogP contribution in [0.1, 0.15) is 58.6 Å². The summed E-state index contributed by atoms with van der Waals surface area (Å²) < 4.78 is 5.86. The highest BCUT2D eigenvalue weighted by molar-refractivity contribution is 5.78. The fourth-order valence-electron chi connectivity index (χ4n) is 3.68. The number of ether oxygens (including phenoxy) is 1. The van der Waals surface area contributed by atoms with Gasteiger partial charge in [0, 0.05) is 32.2 Å². The molecule has 0 saturated carbocycles. The average Bonchev–Trinajstić information content (AvgIpc) is 2.67. The second-order valence-corrected chi connectivity index (χ2v) is 8.82. The van der Waals surface area contributed by atoms with Crippen molar-refractivity contribution in [1.29, 1.82) is 0 Å². The minimum Gasteiger partial charge on any atom is -0.483 e. The number of carbonyl (C=O) groups is 2. The average molecular weight is 404 g/mol. The van der Waals surface area contributed by atoms with E-state index in [2.05, 4.69) is 39.1 Å². The first-order chi connectivity index (χ1) is 13.7. The molecular formula is C23H37N3O3. The van der Waals surface area contributed by atoms with E-state index in [1.807, 2.05) is 35.8 Å². The van der Waals surface area contributed by atoms with Crippen LogP contribution in [0, 0.1) is 6.92 Å². The lowest BCUT2D eigenvalue weighted by atomic mass is 9.85. The van der Waals surface area contributed by atoms with Gasteiger partial charge in [-0.3, -0.25) is 4.79 Å². The summed E-state index contributed by atoms with van der Waals surface area (Å²) in [5, 5.41) is 3.06. The van der Waals surface area contributed by atoms with Gasteiger partial charge in [0.15, 0.2) is 6.61 Å². The number of amides is 3. The van der Waals surface area contributed by atoms with Gasteiger partial charge in [0.05, 0.1) is 0 Å². The van der Waals surface area contributed by atoms with Gasteiger partial charge >= 0.3 is 6.03 Å². The van der Waals surface area contributed by atoms with Crippen LogP contribution < -0.4 is 10.1 Å². The highest BCUT2D eigenvalue weighted by Crippen LogP contribution is 2.32. The van der Waals surface area contributed by atoms with E-state index in [0.717, 1.165) is 37.2 Å². The summed E-state index contributed by atoms with van der Waals surface area (Å²) in [5.74, 6) is 0.650. The number of carbonyl (C=O) groups excluding carboxylic acids is 2. The van der Waals surface area contributed by atoms with Gasteiger partial charge in [-0.2, -0.15) is 0 Å². The van der Waals surface area contributed by atoms with Crippen LogP contribution in [0.3, 0.4) is 0 Å². The van der Waals surface area contributed by atoms with E-state index in [-0.39, 0.29) is 30.0 Å². The maximum absolute atomic E-state index is 12.4. The van der Waals surface area contributed by atoms with Crippen molar-refractivity contribution < 1.29 is 14.3 Å². The molecule has 1 aliphatic heterocycles. The predicted molar refractivity (Wildman–Crippen MR) is 116 cm³/mol. The van der Waals surface area contributed by atoms with Crippen LogP contribution in [-0.4, -0.2) is 60.6 Å². The van der Waals surface area contributed by atoms with E-state index in [9.17, 15) is 9.59 Å². The number of nitrogens with one attached hydrogen (secondary N) is 1. The Morgan fingerprint density at radius 2 is 1.79 bits per heavy atom. The Balaban J connectivity index is 1.84. The van der Waals surface area contributed by atoms with E-state index in [4.69, 9.17) is 4.74 Å². The lowest BCUT2D eigenvalue weighted by Crippen LogP contribution is -2.51. The van der Waals surface area contributed by atoms with Gasteiger partial charge in [-0.15, -0.1) is 0 Å². The Hall–Kier alpha value is -2.24. The molecule has 1 heterocycles. The van der Waals surface area contributed by atoms with Crippen molar-refractivity contribution in [2.75, 3.05) is 32.8 Å². The molecular weight excluding hydrogens is 366 g/mol. The molecule has 1 N–H and O–H groups in total. The third-order valence-electron chi connectivity index (χ3n) is 5.47. The van der Waals surface area contributed by atoms with E-state index in [0.29, 0.717) is 13.1 Å². The monoisotopic (exact) mass is 403 g/mol. The standard InChI is InChI=1S/C23H37N3O3/c1-7-25(8-2)22(28)26-13-11-18(12-14-26)24-21(27)16-29-20-10-9-17(3)15-19(20)23(4,5)6/h9-10,15,18H,7-8,11-14,16H2,1-6H3,(H,24,27). The predicted octanol–water partition coefficient (Wildman–Crippen LogP) is 3.71. The number of hydrogen-bond donors (Lipinski definition) is 1. The van der Waals surface area contributed by atoms with Gasteiger partial charge in [0.25, 0.3) is 5.91 Å². The number of nitrogens with zero attached hydrogens (tertiary/aromatic N) is 2. The number of benzene rings is 1. The van der Waals surface area contributed by atoms with Gasteiger partial charge in [-0.05, 0) is 50.7 Å². The summed E-state index contributed by atoms with van der Waals surface area (Å²) in [7, 11) is 0. The number of likely N-dealkylation sites (tertiary alicyclic amines) is 1. The van der Waals surface area contributed by atoms with Gasteiger partial charge in [0.1, 0.15) is 5.75 Å². The number of hydrogen-bond acceptors (Lipinski definition) is 3. The molecule has 6 heteroatoms. The summed E-state index contributed by atoms with van der Waals surface area (Å²) in [6.07, 6.45) is 1.55. The largest absolute Gasteiger partial charge is 0.483 e. The van der Waals surface area contributed by atoms with Crippen LogP contribution in [0.5, 0.6) is 5.75 Å². The number of aryl methyl sites for hydroxylation is 1. The zero-order chi connectivity index (χ0) is 21.6. The van der Waals surface area contributed by atoms with Crippen LogP contribution in [-0.2, 0) is 10.2 Å². The summed E-state index contributed by atoms with van der Waals surface area (Å²) >= 11 is 0. The smallest absolute Gasteiger partial charge is 0.319 e. The Kier molecular flexibility index (Phi) is 7.94. The van der Waals surface area contributed by atoms with Crippen LogP contribution in [0.2, 0.25) is 0 Å². The maximum atomic E-state index is 12.4. The lowest BCUT2D eigenvalue weighted by Gasteiger charge is -2.35. The van der Waals surface area contributed by atoms with Gasteiger partial charge < -0.3 is 19.9 Å². The maximum Gasteiger partial charge on any atom is 0.319 e. The Morgan fingerprint density at radius 3 is 2.34 bits per heavy atom. The van der Waals surface area contributed by atoms with Crippen LogP contribution >= 0.6 is 0 Å². The van der Waals surface area contributed by atoms with Gasteiger partial charge in [-0.25, -0.2) is 4.79 Å². The first kappa shape index (κ1) is 23.0. The fraction of sp³-hybridized carbons (Fsp3) is 0.652. The summed E-state index contributed by atoms with van der Waals surface area (Å²) in [6, 6.07) is 6.26. The normalized spacial score (nSPS) is 15.2. The molecule has 0 aromatic heterocycles. The molecule has 0 bridgehead atoms. The second-order valence-electron chi connectivity index (χ2n) is 8.82. The first-order valence-corrected chi connectivity index (χ1v) is 10.7. The highest BCUT2D eigenvalue weighted by atomic mass is 16.5. The molecule has 162 valence electrons. The molecule has 0 spiro atoms. The number of urea groups is 1. The van der Waals surface area contributed by atoms with Crippen molar-refractivity contribution in [3.05, 3.63) is 29.3 Å². The SMILES string of the molecule is CCN(CC)C(=O)N1CCC(NC(=O)COc2ccc(C)cc2C(C)(C)C)CC1. The Morgan fingerprint density at radius 1 is 1.17 bits per heavy atom. The summed E-state index contributed by atoms with van der Waals surface area (Å²) in [6.45, 7) is 15.3. The van der Waals surface area contributed by atoms with E-state index < -0.39 is 0 Å². The molecule has 1 saturated heterocycles. The van der Waals surface area contributed by atoms with Crippen molar-refractivity contribution >= 4 is 11.9 Å². The molecule has 1 aromatic rings. The third kappa shape index (κ3) is 6.38. The van der Waals surface area contributed by atoms with Crippen LogP contribution in [0.25, 0.3) is 0 Å². The molecule has 3 amide bonds. The van der Waals surface area contributed by atoms with E-state index in [1.165, 1.54) is 5.56 Å². The molecule has 0 aliphatic carbocycles. The molecule has 0 unspecified atom stereocenters. The van der Waals surface area contributed by atoms with Crippen molar-refractivity contribution in [2.45, 2.75) is 65.8 Å². The minimum atomic E-state index is -0.112. The molecule has 6 nitrogen and oxygen atoms in total. The van der Waals surface area contributed by atoms with E-state index in [1.54, 1.807) is 0 Å². The molecule has 1 aliphatic rings. The Bertz CT molecular complexity index is 700. The fourth-order valence-corrected chi connectivity index (χ4v) is 3.68. The van der Waals surface area contributed by atoms with Crippen molar-refractivity contribution in [2.24, 2.45) is 0 Å². The molecule has 2 rings (SSSR count). The first-order valence-electron chi connectivity index (χ1n) is 10.7. The molecule has 29 heavy (non-hydrogen) atoms. The number of rotatable bonds is 6. The van der Waals surface area contributed by atoms with Crippen molar-refractivity contribution in [1.82, 2.24) is 15.1 Å². The van der Waals surface area contributed by atoms with Gasteiger partial charge in [-0.1, -0.05) is 38.5 Å². The number of piperidine rings is 1.